The highest BCUT2D eigenvalue weighted by atomic mass is 35.5. The summed E-state index contributed by atoms with van der Waals surface area (Å²) >= 11 is 12.2. The number of nitrogens with zero attached hydrogens (tertiary/aromatic N) is 3. The lowest BCUT2D eigenvalue weighted by Crippen LogP contribution is -2.46. The Bertz CT molecular complexity index is 1900. The third-order valence-electron chi connectivity index (χ3n) is 7.80. The molecular weight excluding hydrogens is 649 g/mol. The molecule has 0 fully saturated rings. The monoisotopic (exact) mass is 675 g/mol. The van der Waals surface area contributed by atoms with E-state index in [1.807, 2.05) is 0 Å². The van der Waals surface area contributed by atoms with E-state index in [2.05, 4.69) is 10.6 Å². The summed E-state index contributed by atoms with van der Waals surface area (Å²) in [6.45, 7) is 3.35. The number of hydrogen-bond donors (Lipinski definition) is 2. The molecule has 0 aliphatic carbocycles. The molecule has 3 aromatic carbocycles. The van der Waals surface area contributed by atoms with Gasteiger partial charge in [0.1, 0.15) is 5.82 Å². The first-order chi connectivity index (χ1) is 21.7. The van der Waals surface area contributed by atoms with Gasteiger partial charge in [-0.2, -0.15) is 13.2 Å². The molecule has 5 rings (SSSR count). The van der Waals surface area contributed by atoms with Gasteiger partial charge >= 0.3 is 6.18 Å². The Morgan fingerprint density at radius 2 is 1.67 bits per heavy atom. The van der Waals surface area contributed by atoms with Crippen molar-refractivity contribution in [3.05, 3.63) is 120 Å². The Kier molecular flexibility index (Phi) is 9.14. The van der Waals surface area contributed by atoms with Gasteiger partial charge in [0.25, 0.3) is 17.4 Å². The van der Waals surface area contributed by atoms with Crippen molar-refractivity contribution in [2.45, 2.75) is 45.1 Å². The lowest BCUT2D eigenvalue weighted by molar-refractivity contribution is -0.140. The fraction of sp³-hybridized carbons (Fsp3) is 0.250. The van der Waals surface area contributed by atoms with Gasteiger partial charge in [-0.1, -0.05) is 29.3 Å². The SMILES string of the molecule is CNC(=O)c1ccc(-n2c(N[C@@H](C)c3ccc(C(F)(F)F)c(F)c3)nc3c(c2=O)C[C@@H](C)N(C(=O)c2ccc(Cl)c(Cl)c2)C3)cc1. The molecule has 46 heavy (non-hydrogen) atoms. The molecule has 240 valence electrons. The summed E-state index contributed by atoms with van der Waals surface area (Å²) < 4.78 is 55.2. The normalized spacial score (nSPS) is 15.2. The maximum Gasteiger partial charge on any atom is 0.419 e. The van der Waals surface area contributed by atoms with Crippen molar-refractivity contribution in [3.63, 3.8) is 0 Å². The van der Waals surface area contributed by atoms with E-state index in [0.717, 1.165) is 12.1 Å². The number of carbonyl (C=O) groups excluding carboxylic acids is 2. The lowest BCUT2D eigenvalue weighted by Gasteiger charge is -2.35. The van der Waals surface area contributed by atoms with Crippen LogP contribution in [0.15, 0.2) is 65.5 Å². The minimum Gasteiger partial charge on any atom is -0.355 e. The summed E-state index contributed by atoms with van der Waals surface area (Å²) in [4.78, 5) is 46.0. The molecule has 0 radical (unpaired) electrons. The van der Waals surface area contributed by atoms with Gasteiger partial charge in [0.05, 0.1) is 39.6 Å². The number of nitrogens with one attached hydrogen (secondary N) is 2. The van der Waals surface area contributed by atoms with Gasteiger partial charge in [-0.05, 0) is 80.4 Å². The van der Waals surface area contributed by atoms with Crippen LogP contribution in [0.1, 0.15) is 63.0 Å². The Morgan fingerprint density at radius 3 is 2.28 bits per heavy atom. The van der Waals surface area contributed by atoms with Gasteiger partial charge in [-0.3, -0.25) is 14.4 Å². The van der Waals surface area contributed by atoms with Gasteiger partial charge in [-0.15, -0.1) is 0 Å². The van der Waals surface area contributed by atoms with Crippen molar-refractivity contribution >= 4 is 41.0 Å². The summed E-state index contributed by atoms with van der Waals surface area (Å²) in [6, 6.07) is 12.0. The van der Waals surface area contributed by atoms with E-state index in [1.54, 1.807) is 36.9 Å². The third-order valence-corrected chi connectivity index (χ3v) is 8.54. The predicted molar refractivity (Wildman–Crippen MR) is 166 cm³/mol. The molecule has 4 aromatic rings. The maximum atomic E-state index is 14.4. The lowest BCUT2D eigenvalue weighted by atomic mass is 9.98. The molecule has 2 amide bonds. The number of rotatable bonds is 6. The van der Waals surface area contributed by atoms with Crippen molar-refractivity contribution in [2.75, 3.05) is 12.4 Å². The molecule has 0 saturated heterocycles. The number of halogens is 6. The first-order valence-corrected chi connectivity index (χ1v) is 14.8. The van der Waals surface area contributed by atoms with Gasteiger partial charge in [0.15, 0.2) is 0 Å². The highest BCUT2D eigenvalue weighted by Crippen LogP contribution is 2.33. The zero-order valence-corrected chi connectivity index (χ0v) is 26.2. The van der Waals surface area contributed by atoms with Gasteiger partial charge in [0.2, 0.25) is 5.95 Å². The Labute approximate surface area is 271 Å². The number of carbonyl (C=O) groups is 2. The Balaban J connectivity index is 1.57. The molecule has 1 aliphatic rings. The molecule has 1 aliphatic heterocycles. The van der Waals surface area contributed by atoms with Crippen molar-refractivity contribution in [1.29, 1.82) is 0 Å². The molecule has 14 heteroatoms. The summed E-state index contributed by atoms with van der Waals surface area (Å²) in [5, 5.41) is 6.06. The highest BCUT2D eigenvalue weighted by Gasteiger charge is 2.35. The molecule has 0 unspecified atom stereocenters. The van der Waals surface area contributed by atoms with E-state index < -0.39 is 35.2 Å². The number of anilines is 1. The number of alkyl halides is 3. The van der Waals surface area contributed by atoms with Crippen LogP contribution < -0.4 is 16.2 Å². The molecule has 0 bridgehead atoms. The quantitative estimate of drug-likeness (QED) is 0.219. The van der Waals surface area contributed by atoms with Crippen molar-refractivity contribution < 1.29 is 27.2 Å². The van der Waals surface area contributed by atoms with Gasteiger partial charge in [0, 0.05) is 29.8 Å². The Hall–Kier alpha value is -4.42. The first kappa shape index (κ1) is 33.0. The topological polar surface area (TPSA) is 96.3 Å². The molecule has 2 heterocycles. The average Bonchev–Trinajstić information content (AvgIpc) is 3.01. The average molecular weight is 676 g/mol. The van der Waals surface area contributed by atoms with Crippen LogP contribution >= 0.6 is 23.2 Å². The van der Waals surface area contributed by atoms with Crippen LogP contribution in [0.25, 0.3) is 5.69 Å². The third kappa shape index (κ3) is 6.45. The number of benzene rings is 3. The Morgan fingerprint density at radius 1 is 1.00 bits per heavy atom. The van der Waals surface area contributed by atoms with E-state index in [9.17, 15) is 31.9 Å². The van der Waals surface area contributed by atoms with E-state index >= 15 is 0 Å². The fourth-order valence-electron chi connectivity index (χ4n) is 5.28. The second-order valence-electron chi connectivity index (χ2n) is 10.8. The first-order valence-electron chi connectivity index (χ1n) is 14.1. The number of fused-ring (bicyclic) bond motifs is 1. The minimum atomic E-state index is -4.86. The largest absolute Gasteiger partial charge is 0.419 e. The molecule has 2 atom stereocenters. The van der Waals surface area contributed by atoms with Crippen molar-refractivity contribution in [1.82, 2.24) is 19.8 Å². The van der Waals surface area contributed by atoms with Crippen LogP contribution in [0.3, 0.4) is 0 Å². The number of aromatic nitrogens is 2. The highest BCUT2D eigenvalue weighted by molar-refractivity contribution is 6.42. The summed E-state index contributed by atoms with van der Waals surface area (Å²) in [5.74, 6) is -2.12. The van der Waals surface area contributed by atoms with E-state index in [-0.39, 0.29) is 41.3 Å². The van der Waals surface area contributed by atoms with E-state index in [1.165, 1.54) is 35.9 Å². The number of hydrogen-bond acceptors (Lipinski definition) is 5. The van der Waals surface area contributed by atoms with Crippen LogP contribution in [-0.4, -0.2) is 39.4 Å². The second kappa shape index (κ2) is 12.8. The minimum absolute atomic E-state index is 0.000684. The molecular formula is C32H27Cl2F4N5O3. The van der Waals surface area contributed by atoms with Crippen LogP contribution in [0.2, 0.25) is 10.0 Å². The van der Waals surface area contributed by atoms with Crippen molar-refractivity contribution in [2.24, 2.45) is 0 Å². The summed E-state index contributed by atoms with van der Waals surface area (Å²) in [5.41, 5.74) is -0.0112. The number of amides is 2. The van der Waals surface area contributed by atoms with Gasteiger partial charge < -0.3 is 15.5 Å². The van der Waals surface area contributed by atoms with Crippen LogP contribution in [0.4, 0.5) is 23.5 Å². The molecule has 0 spiro atoms. The molecule has 0 saturated carbocycles. The van der Waals surface area contributed by atoms with Crippen molar-refractivity contribution in [3.8, 4) is 5.69 Å². The second-order valence-corrected chi connectivity index (χ2v) is 11.7. The fourth-order valence-corrected chi connectivity index (χ4v) is 5.57. The molecule has 1 aromatic heterocycles. The van der Waals surface area contributed by atoms with Crippen LogP contribution in [0, 0.1) is 5.82 Å². The van der Waals surface area contributed by atoms with Crippen LogP contribution in [0.5, 0.6) is 0 Å². The molecule has 8 nitrogen and oxygen atoms in total. The molecule has 2 N–H and O–H groups in total. The zero-order valence-electron chi connectivity index (χ0n) is 24.7. The smallest absolute Gasteiger partial charge is 0.355 e. The van der Waals surface area contributed by atoms with E-state index in [4.69, 9.17) is 28.2 Å². The zero-order chi connectivity index (χ0) is 33.5. The van der Waals surface area contributed by atoms with Gasteiger partial charge in [-0.25, -0.2) is 13.9 Å². The summed E-state index contributed by atoms with van der Waals surface area (Å²) in [7, 11) is 1.48. The maximum absolute atomic E-state index is 14.4. The van der Waals surface area contributed by atoms with Crippen LogP contribution in [-0.2, 0) is 19.1 Å². The standard InChI is InChI=1S/C32H27Cl2F4N5O3/c1-16-12-22-27(15-42(16)29(45)20-7-11-24(33)25(34)13-20)41-31(40-17(2)19-6-10-23(26(35)14-19)32(36,37)38)43(30(22)46)21-8-4-18(5-9-21)28(44)39-3/h4-11,13-14,16-17H,12,15H2,1-3H3,(H,39,44)(H,40,41)/t16-,17+/m1/s1. The van der Waals surface area contributed by atoms with E-state index in [0.29, 0.717) is 39.2 Å². The predicted octanol–water partition coefficient (Wildman–Crippen LogP) is 6.82. The summed E-state index contributed by atoms with van der Waals surface area (Å²) in [6.07, 6.45) is -4.69.